The molecule has 5 heteroatoms. The number of rotatable bonds is 4. The fraction of sp³-hybridized carbons (Fsp3) is 0.200. The van der Waals surface area contributed by atoms with Gasteiger partial charge in [0.1, 0.15) is 4.90 Å². The molecule has 0 amide bonds. The number of benzene rings is 1. The molecule has 0 unspecified atom stereocenters. The van der Waals surface area contributed by atoms with Crippen LogP contribution < -0.4 is 0 Å². The molecule has 0 saturated heterocycles. The van der Waals surface area contributed by atoms with E-state index in [1.165, 1.54) is 12.1 Å². The van der Waals surface area contributed by atoms with Crippen molar-refractivity contribution < 1.29 is 12.6 Å². The maximum Gasteiger partial charge on any atom is 0.298 e. The molecule has 0 atom stereocenters. The van der Waals surface area contributed by atoms with Crippen molar-refractivity contribution >= 4 is 21.7 Å². The van der Waals surface area contributed by atoms with Gasteiger partial charge in [-0.25, -0.2) is 0 Å². The van der Waals surface area contributed by atoms with Gasteiger partial charge in [-0.1, -0.05) is 23.7 Å². The van der Waals surface area contributed by atoms with Crippen LogP contribution in [-0.4, -0.2) is 15.0 Å². The molecule has 0 spiro atoms. The molecule has 15 heavy (non-hydrogen) atoms. The molecule has 1 aromatic carbocycles. The lowest BCUT2D eigenvalue weighted by Crippen LogP contribution is -2.07. The zero-order valence-corrected chi connectivity index (χ0v) is 9.38. The van der Waals surface area contributed by atoms with Crippen molar-refractivity contribution in [1.82, 2.24) is 0 Å². The lowest BCUT2D eigenvalue weighted by atomic mass is 10.4. The van der Waals surface area contributed by atoms with Gasteiger partial charge in [0.25, 0.3) is 10.1 Å². The summed E-state index contributed by atoms with van der Waals surface area (Å²) in [5.74, 6) is 2.28. The highest BCUT2D eigenvalue weighted by molar-refractivity contribution is 7.86. The molecule has 3 nitrogen and oxygen atoms in total. The molecular weight excluding hydrogens is 236 g/mol. The van der Waals surface area contributed by atoms with Crippen molar-refractivity contribution in [2.45, 2.75) is 11.3 Å². The van der Waals surface area contributed by atoms with Crippen LogP contribution in [0.4, 0.5) is 0 Å². The molecule has 1 rings (SSSR count). The molecule has 0 N–H and O–H groups in total. The summed E-state index contributed by atoms with van der Waals surface area (Å²) in [4.78, 5) is -0.0383. The zero-order chi connectivity index (χ0) is 11.3. The van der Waals surface area contributed by atoms with Crippen LogP contribution >= 0.6 is 11.6 Å². The summed E-state index contributed by atoms with van der Waals surface area (Å²) in [6, 6.07) is 6.08. The second-order valence-electron chi connectivity index (χ2n) is 2.66. The molecule has 0 fully saturated rings. The van der Waals surface area contributed by atoms with E-state index < -0.39 is 10.1 Å². The highest BCUT2D eigenvalue weighted by atomic mass is 35.5. The van der Waals surface area contributed by atoms with Crippen LogP contribution in [0, 0.1) is 12.3 Å². The summed E-state index contributed by atoms with van der Waals surface area (Å²) in [5, 5.41) is 0.137. The van der Waals surface area contributed by atoms with E-state index in [-0.39, 0.29) is 22.9 Å². The van der Waals surface area contributed by atoms with Crippen LogP contribution in [0.3, 0.4) is 0 Å². The van der Waals surface area contributed by atoms with Crippen molar-refractivity contribution in [2.75, 3.05) is 6.61 Å². The van der Waals surface area contributed by atoms with Gasteiger partial charge in [-0.15, -0.1) is 12.3 Å². The number of terminal acetylenes is 1. The van der Waals surface area contributed by atoms with Crippen molar-refractivity contribution in [3.8, 4) is 12.3 Å². The SMILES string of the molecule is C#CCCOS(=O)(=O)c1ccccc1Cl. The van der Waals surface area contributed by atoms with Gasteiger partial charge >= 0.3 is 0 Å². The first-order valence-corrected chi connectivity index (χ1v) is 5.94. The highest BCUT2D eigenvalue weighted by Gasteiger charge is 2.17. The van der Waals surface area contributed by atoms with E-state index in [4.69, 9.17) is 18.0 Å². The molecule has 80 valence electrons. The van der Waals surface area contributed by atoms with Gasteiger partial charge in [-0.3, -0.25) is 4.18 Å². The normalized spacial score (nSPS) is 10.9. The third-order valence-corrected chi connectivity index (χ3v) is 3.40. The topological polar surface area (TPSA) is 43.4 Å². The number of hydrogen-bond acceptors (Lipinski definition) is 3. The fourth-order valence-electron chi connectivity index (χ4n) is 0.921. The Bertz CT molecular complexity index is 474. The standard InChI is InChI=1S/C10H9ClO3S/c1-2-3-8-14-15(12,13)10-7-5-4-6-9(10)11/h1,4-7H,3,8H2. The zero-order valence-electron chi connectivity index (χ0n) is 7.81. The van der Waals surface area contributed by atoms with Gasteiger partial charge in [0.2, 0.25) is 0 Å². The van der Waals surface area contributed by atoms with Crippen molar-refractivity contribution in [2.24, 2.45) is 0 Å². The molecule has 0 heterocycles. The molecule has 0 aromatic heterocycles. The largest absolute Gasteiger partial charge is 0.298 e. The van der Waals surface area contributed by atoms with Crippen LogP contribution in [0.2, 0.25) is 5.02 Å². The predicted molar refractivity (Wildman–Crippen MR) is 58.0 cm³/mol. The molecule has 0 saturated carbocycles. The molecule has 0 radical (unpaired) electrons. The third-order valence-electron chi connectivity index (χ3n) is 1.59. The molecule has 0 aliphatic rings. The van der Waals surface area contributed by atoms with E-state index in [1.807, 2.05) is 0 Å². The maximum absolute atomic E-state index is 11.6. The Morgan fingerprint density at radius 1 is 1.40 bits per heavy atom. The first-order chi connectivity index (χ1) is 7.08. The lowest BCUT2D eigenvalue weighted by Gasteiger charge is -2.05. The fourth-order valence-corrected chi connectivity index (χ4v) is 2.32. The number of hydrogen-bond donors (Lipinski definition) is 0. The predicted octanol–water partition coefficient (Wildman–Crippen LogP) is 2.07. The van der Waals surface area contributed by atoms with Gasteiger partial charge in [0.15, 0.2) is 0 Å². The molecule has 0 bridgehead atoms. The van der Waals surface area contributed by atoms with Crippen LogP contribution in [0.15, 0.2) is 29.2 Å². The Morgan fingerprint density at radius 2 is 2.07 bits per heavy atom. The first kappa shape index (κ1) is 12.1. The van der Waals surface area contributed by atoms with E-state index in [2.05, 4.69) is 10.1 Å². The summed E-state index contributed by atoms with van der Waals surface area (Å²) in [6.45, 7) is -0.0376. The Morgan fingerprint density at radius 3 is 2.67 bits per heavy atom. The Kier molecular flexibility index (Phi) is 4.15. The molecule has 0 aliphatic heterocycles. The van der Waals surface area contributed by atoms with Crippen molar-refractivity contribution in [3.05, 3.63) is 29.3 Å². The summed E-state index contributed by atoms with van der Waals surface area (Å²) in [6.07, 6.45) is 5.22. The quantitative estimate of drug-likeness (QED) is 0.463. The Labute approximate surface area is 94.1 Å². The van der Waals surface area contributed by atoms with Gasteiger partial charge in [0.05, 0.1) is 11.6 Å². The summed E-state index contributed by atoms with van der Waals surface area (Å²) >= 11 is 5.72. The van der Waals surface area contributed by atoms with E-state index >= 15 is 0 Å². The maximum atomic E-state index is 11.6. The van der Waals surface area contributed by atoms with E-state index in [9.17, 15) is 8.42 Å². The molecular formula is C10H9ClO3S. The molecule has 0 aliphatic carbocycles. The van der Waals surface area contributed by atoms with Crippen molar-refractivity contribution in [1.29, 1.82) is 0 Å². The number of halogens is 1. The average Bonchev–Trinajstić information content (AvgIpc) is 2.18. The Hall–Kier alpha value is -1.02. The highest BCUT2D eigenvalue weighted by Crippen LogP contribution is 2.22. The van der Waals surface area contributed by atoms with Crippen LogP contribution in [-0.2, 0) is 14.3 Å². The third kappa shape index (κ3) is 3.24. The average molecular weight is 245 g/mol. The minimum absolute atomic E-state index is 0.0376. The van der Waals surface area contributed by atoms with Gasteiger partial charge in [-0.2, -0.15) is 8.42 Å². The van der Waals surface area contributed by atoms with E-state index in [0.29, 0.717) is 0 Å². The van der Waals surface area contributed by atoms with Crippen molar-refractivity contribution in [3.63, 3.8) is 0 Å². The Balaban J connectivity index is 2.88. The van der Waals surface area contributed by atoms with Gasteiger partial charge < -0.3 is 0 Å². The second kappa shape index (κ2) is 5.17. The van der Waals surface area contributed by atoms with Crippen LogP contribution in [0.5, 0.6) is 0 Å². The first-order valence-electron chi connectivity index (χ1n) is 4.15. The molecule has 1 aromatic rings. The van der Waals surface area contributed by atoms with E-state index in [0.717, 1.165) is 0 Å². The summed E-state index contributed by atoms with van der Waals surface area (Å²) < 4.78 is 27.8. The summed E-state index contributed by atoms with van der Waals surface area (Å²) in [5.41, 5.74) is 0. The second-order valence-corrected chi connectivity index (χ2v) is 4.65. The lowest BCUT2D eigenvalue weighted by molar-refractivity contribution is 0.327. The van der Waals surface area contributed by atoms with Gasteiger partial charge in [0, 0.05) is 6.42 Å². The summed E-state index contributed by atoms with van der Waals surface area (Å²) in [7, 11) is -3.79. The van der Waals surface area contributed by atoms with Crippen LogP contribution in [0.25, 0.3) is 0 Å². The van der Waals surface area contributed by atoms with Gasteiger partial charge in [-0.05, 0) is 12.1 Å². The minimum atomic E-state index is -3.79. The van der Waals surface area contributed by atoms with E-state index in [1.54, 1.807) is 12.1 Å². The van der Waals surface area contributed by atoms with Crippen LogP contribution in [0.1, 0.15) is 6.42 Å². The minimum Gasteiger partial charge on any atom is -0.265 e. The smallest absolute Gasteiger partial charge is 0.265 e. The monoisotopic (exact) mass is 244 g/mol.